The number of benzene rings is 3. The van der Waals surface area contributed by atoms with Crippen molar-refractivity contribution in [1.82, 2.24) is 0 Å². The molecular weight excluding hydrogens is 376 g/mol. The molecule has 4 nitrogen and oxygen atoms in total. The Morgan fingerprint density at radius 1 is 0.667 bits per heavy atom. The quantitative estimate of drug-likeness (QED) is 0.394. The molecule has 0 aliphatic heterocycles. The first-order valence-corrected chi connectivity index (χ1v) is 9.86. The van der Waals surface area contributed by atoms with Crippen LogP contribution in [0.25, 0.3) is 0 Å². The van der Waals surface area contributed by atoms with E-state index in [0.717, 1.165) is 16.7 Å². The third kappa shape index (κ3) is 5.15. The first kappa shape index (κ1) is 21.3. The Hall–Kier alpha value is -3.40. The standard InChI is InChI=1S/C26H26O4/c1-17-6-10-19(11-7-17)24(27)29-21-14-15-23(22(16-21)26(3,4)5)30-25(28)20-12-8-18(2)9-13-20/h6-16H,1-5H3. The maximum Gasteiger partial charge on any atom is 0.343 e. The Kier molecular flexibility index (Phi) is 6.06. The minimum atomic E-state index is -0.431. The number of hydrogen-bond acceptors (Lipinski definition) is 4. The molecule has 3 aromatic carbocycles. The molecule has 0 aliphatic rings. The average Bonchev–Trinajstić information content (AvgIpc) is 2.69. The minimum Gasteiger partial charge on any atom is -0.423 e. The van der Waals surface area contributed by atoms with Crippen LogP contribution in [0.4, 0.5) is 0 Å². The molecule has 0 spiro atoms. The van der Waals surface area contributed by atoms with Gasteiger partial charge in [0, 0.05) is 5.56 Å². The highest BCUT2D eigenvalue weighted by atomic mass is 16.5. The van der Waals surface area contributed by atoms with E-state index in [1.54, 1.807) is 42.5 Å². The van der Waals surface area contributed by atoms with E-state index in [1.807, 2.05) is 58.9 Å². The molecule has 4 heteroatoms. The van der Waals surface area contributed by atoms with Crippen molar-refractivity contribution >= 4 is 11.9 Å². The maximum absolute atomic E-state index is 12.6. The van der Waals surface area contributed by atoms with Crippen LogP contribution >= 0.6 is 0 Å². The molecule has 0 atom stereocenters. The Bertz CT molecular complexity index is 1060. The highest BCUT2D eigenvalue weighted by Gasteiger charge is 2.23. The number of carbonyl (C=O) groups is 2. The van der Waals surface area contributed by atoms with Gasteiger partial charge in [0.15, 0.2) is 0 Å². The predicted molar refractivity (Wildman–Crippen MR) is 117 cm³/mol. The van der Waals surface area contributed by atoms with E-state index in [0.29, 0.717) is 22.6 Å². The number of esters is 2. The number of aryl methyl sites for hydroxylation is 2. The van der Waals surface area contributed by atoms with Gasteiger partial charge in [-0.15, -0.1) is 0 Å². The van der Waals surface area contributed by atoms with Crippen LogP contribution in [-0.2, 0) is 5.41 Å². The zero-order chi connectivity index (χ0) is 21.9. The van der Waals surface area contributed by atoms with Crippen molar-refractivity contribution in [3.8, 4) is 11.5 Å². The second kappa shape index (κ2) is 8.54. The van der Waals surface area contributed by atoms with E-state index in [1.165, 1.54) is 0 Å². The molecule has 0 saturated carbocycles. The molecule has 0 unspecified atom stereocenters. The van der Waals surface area contributed by atoms with Crippen LogP contribution in [-0.4, -0.2) is 11.9 Å². The van der Waals surface area contributed by atoms with Gasteiger partial charge in [-0.1, -0.05) is 56.2 Å². The first-order chi connectivity index (χ1) is 14.1. The number of carbonyl (C=O) groups excluding carboxylic acids is 2. The SMILES string of the molecule is Cc1ccc(C(=O)Oc2ccc(OC(=O)c3ccc(C)cc3)c(C(C)(C)C)c2)cc1. The fraction of sp³-hybridized carbons (Fsp3) is 0.231. The van der Waals surface area contributed by atoms with Crippen molar-refractivity contribution in [2.45, 2.75) is 40.0 Å². The Labute approximate surface area is 177 Å². The molecule has 0 saturated heterocycles. The summed E-state index contributed by atoms with van der Waals surface area (Å²) in [6.07, 6.45) is 0. The summed E-state index contributed by atoms with van der Waals surface area (Å²) in [5, 5.41) is 0. The summed E-state index contributed by atoms with van der Waals surface area (Å²) in [4.78, 5) is 25.0. The molecule has 0 bridgehead atoms. The molecule has 0 heterocycles. The first-order valence-electron chi connectivity index (χ1n) is 9.86. The van der Waals surface area contributed by atoms with E-state index < -0.39 is 11.9 Å². The molecule has 0 N–H and O–H groups in total. The van der Waals surface area contributed by atoms with Gasteiger partial charge >= 0.3 is 11.9 Å². The number of rotatable bonds is 4. The van der Waals surface area contributed by atoms with Crippen LogP contribution in [0.1, 0.15) is 58.2 Å². The minimum absolute atomic E-state index is 0.324. The van der Waals surface area contributed by atoms with Crippen LogP contribution in [0.15, 0.2) is 66.7 Å². The van der Waals surface area contributed by atoms with Crippen molar-refractivity contribution < 1.29 is 19.1 Å². The van der Waals surface area contributed by atoms with Crippen molar-refractivity contribution in [2.24, 2.45) is 0 Å². The molecular formula is C26H26O4. The summed E-state index contributed by atoms with van der Waals surface area (Å²) in [5.74, 6) is -0.00648. The van der Waals surface area contributed by atoms with E-state index in [9.17, 15) is 9.59 Å². The zero-order valence-electron chi connectivity index (χ0n) is 18.0. The van der Waals surface area contributed by atoms with E-state index in [-0.39, 0.29) is 5.41 Å². The molecule has 0 aromatic heterocycles. The highest BCUT2D eigenvalue weighted by molar-refractivity contribution is 5.92. The smallest absolute Gasteiger partial charge is 0.343 e. The summed E-state index contributed by atoms with van der Waals surface area (Å²) in [7, 11) is 0. The van der Waals surface area contributed by atoms with E-state index in [4.69, 9.17) is 9.47 Å². The van der Waals surface area contributed by atoms with Crippen molar-refractivity contribution in [2.75, 3.05) is 0 Å². The summed E-state index contributed by atoms with van der Waals surface area (Å²) in [6, 6.07) is 19.5. The summed E-state index contributed by atoms with van der Waals surface area (Å²) in [5.41, 5.74) is 3.55. The van der Waals surface area contributed by atoms with Gasteiger partial charge in [0.05, 0.1) is 11.1 Å². The van der Waals surface area contributed by atoms with Crippen molar-refractivity contribution in [3.63, 3.8) is 0 Å². The van der Waals surface area contributed by atoms with Crippen LogP contribution < -0.4 is 9.47 Å². The van der Waals surface area contributed by atoms with Gasteiger partial charge in [0.2, 0.25) is 0 Å². The Morgan fingerprint density at radius 2 is 1.13 bits per heavy atom. The van der Waals surface area contributed by atoms with Gasteiger partial charge in [0.25, 0.3) is 0 Å². The predicted octanol–water partition coefficient (Wildman–Crippen LogP) is 6.04. The fourth-order valence-corrected chi connectivity index (χ4v) is 2.95. The monoisotopic (exact) mass is 402 g/mol. The Balaban J connectivity index is 1.84. The van der Waals surface area contributed by atoms with Crippen LogP contribution in [0.5, 0.6) is 11.5 Å². The van der Waals surface area contributed by atoms with E-state index >= 15 is 0 Å². The zero-order valence-corrected chi connectivity index (χ0v) is 18.0. The van der Waals surface area contributed by atoms with Crippen LogP contribution in [0.2, 0.25) is 0 Å². The molecule has 3 aromatic rings. The summed E-state index contributed by atoms with van der Waals surface area (Å²) in [6.45, 7) is 9.95. The molecule has 0 amide bonds. The molecule has 0 fully saturated rings. The van der Waals surface area contributed by atoms with Gasteiger partial charge in [-0.25, -0.2) is 9.59 Å². The topological polar surface area (TPSA) is 52.6 Å². The molecule has 0 aliphatic carbocycles. The van der Waals surface area contributed by atoms with Crippen molar-refractivity contribution in [3.05, 3.63) is 94.5 Å². The van der Waals surface area contributed by atoms with Gasteiger partial charge in [-0.2, -0.15) is 0 Å². The Morgan fingerprint density at radius 3 is 1.60 bits per heavy atom. The molecule has 0 radical (unpaired) electrons. The van der Waals surface area contributed by atoms with Gasteiger partial charge in [0.1, 0.15) is 11.5 Å². The normalized spacial score (nSPS) is 11.1. The molecule has 154 valence electrons. The van der Waals surface area contributed by atoms with Gasteiger partial charge < -0.3 is 9.47 Å². The lowest BCUT2D eigenvalue weighted by molar-refractivity contribution is 0.0716. The molecule has 30 heavy (non-hydrogen) atoms. The third-order valence-corrected chi connectivity index (χ3v) is 4.75. The van der Waals surface area contributed by atoms with Gasteiger partial charge in [-0.3, -0.25) is 0 Å². The lowest BCUT2D eigenvalue weighted by Gasteiger charge is -2.23. The largest absolute Gasteiger partial charge is 0.423 e. The number of hydrogen-bond donors (Lipinski definition) is 0. The fourth-order valence-electron chi connectivity index (χ4n) is 2.95. The summed E-state index contributed by atoms with van der Waals surface area (Å²) < 4.78 is 11.2. The third-order valence-electron chi connectivity index (χ3n) is 4.75. The van der Waals surface area contributed by atoms with Crippen LogP contribution in [0.3, 0.4) is 0 Å². The lowest BCUT2D eigenvalue weighted by Crippen LogP contribution is -2.17. The second-order valence-electron chi connectivity index (χ2n) is 8.42. The second-order valence-corrected chi connectivity index (χ2v) is 8.42. The highest BCUT2D eigenvalue weighted by Crippen LogP contribution is 2.35. The lowest BCUT2D eigenvalue weighted by atomic mass is 9.86. The van der Waals surface area contributed by atoms with E-state index in [2.05, 4.69) is 0 Å². The number of ether oxygens (including phenoxy) is 2. The average molecular weight is 402 g/mol. The van der Waals surface area contributed by atoms with Gasteiger partial charge in [-0.05, 0) is 61.7 Å². The molecule has 3 rings (SSSR count). The summed E-state index contributed by atoms with van der Waals surface area (Å²) >= 11 is 0. The van der Waals surface area contributed by atoms with Crippen molar-refractivity contribution in [1.29, 1.82) is 0 Å². The maximum atomic E-state index is 12.6. The van der Waals surface area contributed by atoms with Crippen LogP contribution in [0, 0.1) is 13.8 Å².